The van der Waals surface area contributed by atoms with E-state index in [0.29, 0.717) is 6.42 Å². The molecule has 0 spiro atoms. The monoisotopic (exact) mass is 444 g/mol. The van der Waals surface area contributed by atoms with Crippen molar-refractivity contribution in [3.8, 4) is 0 Å². The Morgan fingerprint density at radius 3 is 2.03 bits per heavy atom. The minimum absolute atomic E-state index is 0.0174. The molecule has 1 heterocycles. The van der Waals surface area contributed by atoms with Gasteiger partial charge in [-0.05, 0) is 43.2 Å². The summed E-state index contributed by atoms with van der Waals surface area (Å²) in [6.07, 6.45) is 0.227. The quantitative estimate of drug-likeness (QED) is 0.251. The first kappa shape index (κ1) is 26.5. The largest absolute Gasteiger partial charge is 0.462 e. The van der Waals surface area contributed by atoms with Crippen LogP contribution in [-0.2, 0) is 23.2 Å². The number of carbonyl (C=O) groups is 2. The third kappa shape index (κ3) is 6.24. The molecule has 1 aliphatic rings. The van der Waals surface area contributed by atoms with Gasteiger partial charge in [0.05, 0.1) is 12.0 Å². The zero-order chi connectivity index (χ0) is 22.6. The summed E-state index contributed by atoms with van der Waals surface area (Å²) in [6.45, 7) is 21.4. The average molecular weight is 445 g/mol. The summed E-state index contributed by atoms with van der Waals surface area (Å²) in [7, 11) is -3.96. The predicted octanol–water partition coefficient (Wildman–Crippen LogP) is 5.55. The lowest BCUT2D eigenvalue weighted by Gasteiger charge is -2.46. The number of hydrogen-bond acceptors (Lipinski definition) is 5. The maximum Gasteiger partial charge on any atom is 0.311 e. The fraction of sp³-hybridized carbons (Fsp3) is 0.909. The molecule has 0 bridgehead atoms. The van der Waals surface area contributed by atoms with Crippen LogP contribution in [0, 0.1) is 11.8 Å². The molecule has 0 radical (unpaired) electrons. The van der Waals surface area contributed by atoms with Crippen molar-refractivity contribution in [2.45, 2.75) is 116 Å². The third-order valence-corrected chi connectivity index (χ3v) is 16.6. The van der Waals surface area contributed by atoms with Crippen molar-refractivity contribution in [2.24, 2.45) is 11.8 Å². The van der Waals surface area contributed by atoms with Crippen molar-refractivity contribution in [1.82, 2.24) is 0 Å². The summed E-state index contributed by atoms with van der Waals surface area (Å²) in [5.74, 6) is -0.517. The molecule has 1 aliphatic heterocycles. The molecular weight excluding hydrogens is 400 g/mol. The Kier molecular flexibility index (Phi) is 9.33. The minimum Gasteiger partial charge on any atom is -0.462 e. The van der Waals surface area contributed by atoms with E-state index in [1.807, 2.05) is 6.92 Å². The zero-order valence-corrected chi connectivity index (χ0v) is 22.3. The lowest BCUT2D eigenvalue weighted by atomic mass is 9.84. The first-order valence-corrected chi connectivity index (χ1v) is 16.7. The van der Waals surface area contributed by atoms with Crippen molar-refractivity contribution in [3.63, 3.8) is 0 Å². The van der Waals surface area contributed by atoms with Crippen LogP contribution in [0.3, 0.4) is 0 Å². The SMILES string of the molecule is CC[Si](CC)(CC)O[C@H](C=O)C[C@@H]1OC(=O)[C@H](C)[C@@H](O[Si](C)(C)C(C)(C)C)[C@H]1C. The molecule has 0 aromatic rings. The molecule has 1 fully saturated rings. The highest BCUT2D eigenvalue weighted by molar-refractivity contribution is 6.74. The minimum atomic E-state index is -2.04. The highest BCUT2D eigenvalue weighted by atomic mass is 28.4. The van der Waals surface area contributed by atoms with Crippen LogP contribution in [0.15, 0.2) is 0 Å². The Morgan fingerprint density at radius 2 is 1.62 bits per heavy atom. The topological polar surface area (TPSA) is 61.8 Å². The van der Waals surface area contributed by atoms with E-state index in [1.165, 1.54) is 0 Å². The molecule has 7 heteroatoms. The Morgan fingerprint density at radius 1 is 1.10 bits per heavy atom. The lowest BCUT2D eigenvalue weighted by molar-refractivity contribution is -0.178. The standard InChI is InChI=1S/C22H44O5Si2/c1-11-29(12-2,13-3)26-18(15-23)14-19-16(4)20(17(5)21(24)25-19)27-28(9,10)22(6,7)8/h15-20H,11-14H2,1-10H3/t16-,17+,18-,19-,20-/m0/s1. The molecule has 0 aliphatic carbocycles. The number of esters is 1. The van der Waals surface area contributed by atoms with Crippen molar-refractivity contribution in [2.75, 3.05) is 0 Å². The second kappa shape index (κ2) is 10.2. The van der Waals surface area contributed by atoms with Crippen molar-refractivity contribution < 1.29 is 23.2 Å². The molecule has 0 saturated carbocycles. The fourth-order valence-electron chi connectivity index (χ4n) is 3.84. The molecule has 0 unspecified atom stereocenters. The molecular formula is C22H44O5Si2. The molecule has 170 valence electrons. The number of cyclic esters (lactones) is 1. The van der Waals surface area contributed by atoms with Crippen LogP contribution in [0.25, 0.3) is 0 Å². The Bertz CT molecular complexity index is 546. The smallest absolute Gasteiger partial charge is 0.311 e. The highest BCUT2D eigenvalue weighted by Gasteiger charge is 2.48. The Labute approximate surface area is 180 Å². The predicted molar refractivity (Wildman–Crippen MR) is 123 cm³/mol. The van der Waals surface area contributed by atoms with E-state index in [9.17, 15) is 9.59 Å². The molecule has 0 aromatic carbocycles. The summed E-state index contributed by atoms with van der Waals surface area (Å²) in [6, 6.07) is 2.95. The summed E-state index contributed by atoms with van der Waals surface area (Å²) >= 11 is 0. The molecule has 0 amide bonds. The van der Waals surface area contributed by atoms with Gasteiger partial charge in [-0.25, -0.2) is 0 Å². The van der Waals surface area contributed by atoms with Gasteiger partial charge in [0.2, 0.25) is 0 Å². The second-order valence-corrected chi connectivity index (χ2v) is 19.7. The molecule has 29 heavy (non-hydrogen) atoms. The van der Waals surface area contributed by atoms with Crippen molar-refractivity contribution in [3.05, 3.63) is 0 Å². The first-order chi connectivity index (χ1) is 13.3. The van der Waals surface area contributed by atoms with Crippen LogP contribution in [0.2, 0.25) is 36.3 Å². The summed E-state index contributed by atoms with van der Waals surface area (Å²) in [4.78, 5) is 24.4. The van der Waals surface area contributed by atoms with E-state index in [0.717, 1.165) is 24.4 Å². The second-order valence-electron chi connectivity index (χ2n) is 10.2. The average Bonchev–Trinajstić information content (AvgIpc) is 2.65. The number of aldehydes is 1. The van der Waals surface area contributed by atoms with Gasteiger partial charge in [-0.3, -0.25) is 4.79 Å². The van der Waals surface area contributed by atoms with Gasteiger partial charge < -0.3 is 18.4 Å². The number of carbonyl (C=O) groups excluding carboxylic acids is 2. The molecule has 5 atom stereocenters. The van der Waals surface area contributed by atoms with E-state index in [2.05, 4.69) is 61.6 Å². The van der Waals surface area contributed by atoms with E-state index in [-0.39, 0.29) is 35.1 Å². The van der Waals surface area contributed by atoms with Gasteiger partial charge in [0.1, 0.15) is 18.5 Å². The van der Waals surface area contributed by atoms with Crippen LogP contribution in [0.5, 0.6) is 0 Å². The van der Waals surface area contributed by atoms with Crippen molar-refractivity contribution in [1.29, 1.82) is 0 Å². The summed E-state index contributed by atoms with van der Waals surface area (Å²) in [5, 5.41) is 0.0618. The van der Waals surface area contributed by atoms with Crippen molar-refractivity contribution >= 4 is 28.9 Å². The molecule has 0 N–H and O–H groups in total. The van der Waals surface area contributed by atoms with Crippen LogP contribution >= 0.6 is 0 Å². The van der Waals surface area contributed by atoms with Crippen LogP contribution < -0.4 is 0 Å². The zero-order valence-electron chi connectivity index (χ0n) is 20.3. The van der Waals surface area contributed by atoms with Gasteiger partial charge in [-0.1, -0.05) is 48.5 Å². The number of ether oxygens (including phenoxy) is 1. The van der Waals surface area contributed by atoms with Gasteiger partial charge >= 0.3 is 5.97 Å². The molecule has 0 aromatic heterocycles. The normalized spacial score (nSPS) is 27.4. The summed E-state index contributed by atoms with van der Waals surface area (Å²) < 4.78 is 18.8. The Hall–Kier alpha value is -0.506. The van der Waals surface area contributed by atoms with Gasteiger partial charge in [0.15, 0.2) is 16.6 Å². The molecule has 1 rings (SSSR count). The number of rotatable bonds is 10. The molecule has 1 saturated heterocycles. The Balaban J connectivity index is 3.01. The summed E-state index contributed by atoms with van der Waals surface area (Å²) in [5.41, 5.74) is 0. The van der Waals surface area contributed by atoms with E-state index in [1.54, 1.807) is 0 Å². The van der Waals surface area contributed by atoms with E-state index in [4.69, 9.17) is 13.6 Å². The highest BCUT2D eigenvalue weighted by Crippen LogP contribution is 2.41. The number of hydrogen-bond donors (Lipinski definition) is 0. The lowest BCUT2D eigenvalue weighted by Crippen LogP contribution is -2.55. The van der Waals surface area contributed by atoms with E-state index >= 15 is 0 Å². The van der Waals surface area contributed by atoms with Crippen LogP contribution in [-0.4, -0.2) is 47.2 Å². The third-order valence-electron chi connectivity index (χ3n) is 7.42. The van der Waals surface area contributed by atoms with Gasteiger partial charge in [0.25, 0.3) is 0 Å². The van der Waals surface area contributed by atoms with Crippen LogP contribution in [0.1, 0.15) is 61.8 Å². The van der Waals surface area contributed by atoms with E-state index < -0.39 is 22.7 Å². The van der Waals surface area contributed by atoms with Gasteiger partial charge in [-0.2, -0.15) is 0 Å². The van der Waals surface area contributed by atoms with Crippen LogP contribution in [0.4, 0.5) is 0 Å². The first-order valence-electron chi connectivity index (χ1n) is 11.3. The molecule has 5 nitrogen and oxygen atoms in total. The van der Waals surface area contributed by atoms with Gasteiger partial charge in [0, 0.05) is 12.3 Å². The van der Waals surface area contributed by atoms with Gasteiger partial charge in [-0.15, -0.1) is 0 Å². The maximum absolute atomic E-state index is 12.6. The maximum atomic E-state index is 12.6. The fourth-order valence-corrected chi connectivity index (χ4v) is 8.08.